The third-order valence-electron chi connectivity index (χ3n) is 2.68. The number of amides is 1. The average molecular weight is 249 g/mol. The lowest BCUT2D eigenvalue weighted by Gasteiger charge is -2.22. The van der Waals surface area contributed by atoms with Gasteiger partial charge in [-0.3, -0.25) is 9.59 Å². The van der Waals surface area contributed by atoms with E-state index in [1.165, 1.54) is 6.92 Å². The van der Waals surface area contributed by atoms with E-state index in [1.54, 1.807) is 38.1 Å². The molecule has 4 heteroatoms. The number of carbonyl (C=O) groups is 2. The smallest absolute Gasteiger partial charge is 0.251 e. The molecule has 1 aromatic rings. The second kappa shape index (κ2) is 6.31. The summed E-state index contributed by atoms with van der Waals surface area (Å²) in [7, 11) is 0. The molecule has 98 valence electrons. The minimum atomic E-state index is -0.910. The van der Waals surface area contributed by atoms with E-state index in [2.05, 4.69) is 5.32 Å². The maximum Gasteiger partial charge on any atom is 0.251 e. The van der Waals surface area contributed by atoms with E-state index >= 15 is 0 Å². The number of hydrogen-bond acceptors (Lipinski definition) is 3. The topological polar surface area (TPSA) is 66.4 Å². The number of rotatable bonds is 5. The summed E-state index contributed by atoms with van der Waals surface area (Å²) in [5.41, 5.74) is 0.472. The fourth-order valence-electron chi connectivity index (χ4n) is 1.60. The second-order valence-corrected chi connectivity index (χ2v) is 4.61. The molecular weight excluding hydrogens is 230 g/mol. The number of aliphatic hydroxyl groups excluding tert-OH is 1. The first kappa shape index (κ1) is 14.4. The van der Waals surface area contributed by atoms with Crippen LogP contribution in [0.4, 0.5) is 0 Å². The summed E-state index contributed by atoms with van der Waals surface area (Å²) >= 11 is 0. The molecule has 4 nitrogen and oxygen atoms in total. The van der Waals surface area contributed by atoms with Gasteiger partial charge in [0.05, 0.1) is 6.10 Å². The van der Waals surface area contributed by atoms with Crippen molar-refractivity contribution in [1.29, 1.82) is 0 Å². The molecule has 1 rings (SSSR count). The molecule has 0 spiro atoms. The third-order valence-corrected chi connectivity index (χ3v) is 2.68. The molecule has 18 heavy (non-hydrogen) atoms. The number of hydrogen-bond donors (Lipinski definition) is 2. The van der Waals surface area contributed by atoms with Crippen molar-refractivity contribution < 1.29 is 14.7 Å². The van der Waals surface area contributed by atoms with Crippen LogP contribution in [0.25, 0.3) is 0 Å². The van der Waals surface area contributed by atoms with Crippen molar-refractivity contribution in [2.75, 3.05) is 0 Å². The van der Waals surface area contributed by atoms with Crippen LogP contribution in [0.1, 0.15) is 31.1 Å². The molecule has 0 unspecified atom stereocenters. The molecule has 0 aromatic heterocycles. The van der Waals surface area contributed by atoms with Crippen LogP contribution in [0.15, 0.2) is 30.3 Å². The van der Waals surface area contributed by atoms with Crippen molar-refractivity contribution in [3.8, 4) is 0 Å². The number of benzene rings is 1. The molecule has 0 aliphatic carbocycles. The largest absolute Gasteiger partial charge is 0.391 e. The van der Waals surface area contributed by atoms with Gasteiger partial charge >= 0.3 is 0 Å². The molecule has 0 aliphatic rings. The van der Waals surface area contributed by atoms with E-state index < -0.39 is 12.1 Å². The zero-order chi connectivity index (χ0) is 13.7. The molecule has 2 atom stereocenters. The zero-order valence-electron chi connectivity index (χ0n) is 10.9. The number of Topliss-reactive ketones (excluding diaryl/α,β-unsaturated/α-hetero) is 1. The monoisotopic (exact) mass is 249 g/mol. The van der Waals surface area contributed by atoms with Gasteiger partial charge in [0.1, 0.15) is 6.04 Å². The number of ketones is 1. The summed E-state index contributed by atoms with van der Waals surface area (Å²) in [4.78, 5) is 23.8. The summed E-state index contributed by atoms with van der Waals surface area (Å²) in [6.07, 6.45) is -0.910. The normalized spacial score (nSPS) is 14.1. The van der Waals surface area contributed by atoms with Crippen LogP contribution in [0.5, 0.6) is 0 Å². The Bertz CT molecular complexity index is 412. The Morgan fingerprint density at radius 2 is 1.67 bits per heavy atom. The first-order chi connectivity index (χ1) is 8.43. The highest BCUT2D eigenvalue weighted by Gasteiger charge is 2.27. The average Bonchev–Trinajstić information content (AvgIpc) is 2.35. The van der Waals surface area contributed by atoms with Crippen LogP contribution in [0, 0.1) is 5.92 Å². The van der Waals surface area contributed by atoms with Gasteiger partial charge in [-0.1, -0.05) is 32.0 Å². The molecule has 1 amide bonds. The Morgan fingerprint density at radius 1 is 1.11 bits per heavy atom. The molecule has 2 N–H and O–H groups in total. The van der Waals surface area contributed by atoms with E-state index in [4.69, 9.17) is 0 Å². The van der Waals surface area contributed by atoms with Crippen LogP contribution >= 0.6 is 0 Å². The van der Waals surface area contributed by atoms with Crippen molar-refractivity contribution in [1.82, 2.24) is 5.32 Å². The Hall–Kier alpha value is -1.68. The lowest BCUT2D eigenvalue weighted by Crippen LogP contribution is -2.49. The van der Waals surface area contributed by atoms with Gasteiger partial charge in [0.2, 0.25) is 0 Å². The molecule has 0 saturated heterocycles. The van der Waals surface area contributed by atoms with E-state index in [0.29, 0.717) is 5.56 Å². The van der Waals surface area contributed by atoms with Crippen LogP contribution < -0.4 is 5.32 Å². The Labute approximate surface area is 107 Å². The maximum atomic E-state index is 11.9. The molecule has 1 aromatic carbocycles. The zero-order valence-corrected chi connectivity index (χ0v) is 10.9. The number of aliphatic hydroxyl groups is 1. The Kier molecular flexibility index (Phi) is 5.04. The highest BCUT2D eigenvalue weighted by atomic mass is 16.3. The minimum absolute atomic E-state index is 0.172. The van der Waals surface area contributed by atoms with Crippen LogP contribution in [-0.4, -0.2) is 28.9 Å². The lowest BCUT2D eigenvalue weighted by atomic mass is 9.97. The summed E-state index contributed by atoms with van der Waals surface area (Å²) in [6.45, 7) is 4.98. The fourth-order valence-corrected chi connectivity index (χ4v) is 1.60. The lowest BCUT2D eigenvalue weighted by molar-refractivity contribution is -0.126. The van der Waals surface area contributed by atoms with Crippen molar-refractivity contribution >= 4 is 11.7 Å². The van der Waals surface area contributed by atoms with Crippen molar-refractivity contribution in [3.63, 3.8) is 0 Å². The number of carbonyl (C=O) groups excluding carboxylic acids is 2. The van der Waals surface area contributed by atoms with Gasteiger partial charge in [-0.25, -0.2) is 0 Å². The molecular formula is C14H19NO3. The summed E-state index contributed by atoms with van der Waals surface area (Å²) in [5.74, 6) is -0.759. The van der Waals surface area contributed by atoms with Gasteiger partial charge in [0.25, 0.3) is 5.91 Å². The minimum Gasteiger partial charge on any atom is -0.391 e. The van der Waals surface area contributed by atoms with Gasteiger partial charge in [-0.15, -0.1) is 0 Å². The standard InChI is InChI=1S/C14H19NO3/c1-9(2)13(17)12(10(3)16)15-14(18)11-7-5-4-6-8-11/h4-10,12,16H,1-3H3,(H,15,18)/t10-,12+/m1/s1. The molecule has 0 aliphatic heterocycles. The SMILES string of the molecule is CC(C)C(=O)[C@@H](NC(=O)c1ccccc1)[C@@H](C)O. The van der Waals surface area contributed by atoms with Crippen molar-refractivity contribution in [3.05, 3.63) is 35.9 Å². The first-order valence-electron chi connectivity index (χ1n) is 6.01. The maximum absolute atomic E-state index is 11.9. The van der Waals surface area contributed by atoms with Crippen LogP contribution in [0.3, 0.4) is 0 Å². The van der Waals surface area contributed by atoms with Crippen molar-refractivity contribution in [2.24, 2.45) is 5.92 Å². The molecule has 0 saturated carbocycles. The molecule has 0 radical (unpaired) electrons. The summed E-state index contributed by atoms with van der Waals surface area (Å²) < 4.78 is 0. The first-order valence-corrected chi connectivity index (χ1v) is 6.01. The number of nitrogens with one attached hydrogen (secondary N) is 1. The molecule has 0 heterocycles. The predicted molar refractivity (Wildman–Crippen MR) is 69.2 cm³/mol. The highest BCUT2D eigenvalue weighted by Crippen LogP contribution is 2.06. The van der Waals surface area contributed by atoms with E-state index in [-0.39, 0.29) is 17.6 Å². The molecule has 0 fully saturated rings. The van der Waals surface area contributed by atoms with E-state index in [0.717, 1.165) is 0 Å². The van der Waals surface area contributed by atoms with Crippen molar-refractivity contribution in [2.45, 2.75) is 32.9 Å². The van der Waals surface area contributed by atoms with Gasteiger partial charge in [-0.05, 0) is 19.1 Å². The van der Waals surface area contributed by atoms with Gasteiger partial charge in [0, 0.05) is 11.5 Å². The molecule has 0 bridgehead atoms. The quantitative estimate of drug-likeness (QED) is 0.828. The van der Waals surface area contributed by atoms with Gasteiger partial charge in [-0.2, -0.15) is 0 Å². The van der Waals surface area contributed by atoms with Gasteiger partial charge < -0.3 is 10.4 Å². The van der Waals surface area contributed by atoms with Gasteiger partial charge in [0.15, 0.2) is 5.78 Å². The third kappa shape index (κ3) is 3.67. The van der Waals surface area contributed by atoms with Crippen LogP contribution in [-0.2, 0) is 4.79 Å². The summed E-state index contributed by atoms with van der Waals surface area (Å²) in [5, 5.41) is 12.2. The van der Waals surface area contributed by atoms with Crippen LogP contribution in [0.2, 0.25) is 0 Å². The highest BCUT2D eigenvalue weighted by molar-refractivity contribution is 5.98. The van der Waals surface area contributed by atoms with E-state index in [1.807, 2.05) is 6.07 Å². The Balaban J connectivity index is 2.79. The second-order valence-electron chi connectivity index (χ2n) is 4.61. The van der Waals surface area contributed by atoms with E-state index in [9.17, 15) is 14.7 Å². The predicted octanol–water partition coefficient (Wildman–Crippen LogP) is 1.39. The fraction of sp³-hybridized carbons (Fsp3) is 0.429. The summed E-state index contributed by atoms with van der Waals surface area (Å²) in [6, 6.07) is 7.76. The Morgan fingerprint density at radius 3 is 2.11 bits per heavy atom.